The predicted molar refractivity (Wildman–Crippen MR) is 109 cm³/mol. The van der Waals surface area contributed by atoms with Crippen molar-refractivity contribution in [3.63, 3.8) is 0 Å². The zero-order chi connectivity index (χ0) is 20.5. The summed E-state index contributed by atoms with van der Waals surface area (Å²) >= 11 is 0. The maximum atomic E-state index is 11.2. The van der Waals surface area contributed by atoms with E-state index in [1.807, 2.05) is 4.90 Å². The summed E-state index contributed by atoms with van der Waals surface area (Å²) in [6.07, 6.45) is -0.296. The summed E-state index contributed by atoms with van der Waals surface area (Å²) in [5.74, 6) is 0. The number of hydrogen-bond donors (Lipinski definition) is 3. The third-order valence-electron chi connectivity index (χ3n) is 4.47. The Morgan fingerprint density at radius 1 is 0.963 bits per heavy atom. The van der Waals surface area contributed by atoms with Crippen LogP contribution >= 0.6 is 0 Å². The lowest BCUT2D eigenvalue weighted by Crippen LogP contribution is -2.36. The summed E-state index contributed by atoms with van der Waals surface area (Å²) in [6.45, 7) is 19.5. The SMILES string of the molecule is CCN(CC)CCN.CCN(CC)CCN1CCNC1=O.O=C1NCCO1. The van der Waals surface area contributed by atoms with Crippen LogP contribution in [0.1, 0.15) is 27.7 Å². The fourth-order valence-corrected chi connectivity index (χ4v) is 2.60. The quantitative estimate of drug-likeness (QED) is 0.527. The van der Waals surface area contributed by atoms with Crippen molar-refractivity contribution in [3.05, 3.63) is 0 Å². The molecule has 0 atom stereocenters. The van der Waals surface area contributed by atoms with Crippen LogP contribution in [0.5, 0.6) is 0 Å². The average Bonchev–Trinajstić information content (AvgIpc) is 3.32. The molecule has 9 heteroatoms. The molecule has 3 amide bonds. The molecule has 9 nitrogen and oxygen atoms in total. The Hall–Kier alpha value is -1.58. The van der Waals surface area contributed by atoms with Gasteiger partial charge in [-0.1, -0.05) is 27.7 Å². The molecule has 2 heterocycles. The van der Waals surface area contributed by atoms with Crippen molar-refractivity contribution >= 4 is 12.1 Å². The van der Waals surface area contributed by atoms with Crippen LogP contribution in [0.4, 0.5) is 9.59 Å². The van der Waals surface area contributed by atoms with Crippen LogP contribution < -0.4 is 16.4 Å². The van der Waals surface area contributed by atoms with Crippen LogP contribution in [0.25, 0.3) is 0 Å². The lowest BCUT2D eigenvalue weighted by molar-refractivity contribution is 0.178. The number of rotatable bonds is 9. The van der Waals surface area contributed by atoms with E-state index >= 15 is 0 Å². The number of urea groups is 1. The van der Waals surface area contributed by atoms with Crippen LogP contribution in [0.15, 0.2) is 0 Å². The molecule has 2 rings (SSSR count). The lowest BCUT2D eigenvalue weighted by atomic mass is 10.4. The molecule has 2 aliphatic heterocycles. The summed E-state index contributed by atoms with van der Waals surface area (Å²) in [5, 5.41) is 5.26. The Bertz CT molecular complexity index is 381. The molecule has 0 saturated carbocycles. The minimum atomic E-state index is -0.296. The van der Waals surface area contributed by atoms with Crippen LogP contribution in [-0.2, 0) is 4.74 Å². The third kappa shape index (κ3) is 12.4. The van der Waals surface area contributed by atoms with E-state index in [1.165, 1.54) is 0 Å². The minimum Gasteiger partial charge on any atom is -0.448 e. The molecule has 0 aromatic carbocycles. The molecule has 0 bridgehead atoms. The molecule has 0 radical (unpaired) electrons. The van der Waals surface area contributed by atoms with E-state index in [1.54, 1.807) is 0 Å². The number of cyclic esters (lactones) is 1. The molecule has 0 spiro atoms. The standard InChI is InChI=1S/C9H19N3O.C6H16N2.C3H5NO2/c1-3-11(4-2)7-8-12-6-5-10-9(12)13;1-3-8(4-2)6-5-7;5-3-4-1-2-6-3/h3-8H2,1-2H3,(H,10,13);3-7H2,1-2H3;1-2H2,(H,4,5). The van der Waals surface area contributed by atoms with Gasteiger partial charge in [0.1, 0.15) is 6.61 Å². The maximum absolute atomic E-state index is 11.2. The van der Waals surface area contributed by atoms with E-state index in [-0.39, 0.29) is 12.1 Å². The van der Waals surface area contributed by atoms with Gasteiger partial charge in [-0.3, -0.25) is 0 Å². The van der Waals surface area contributed by atoms with Crippen molar-refractivity contribution in [1.82, 2.24) is 25.3 Å². The van der Waals surface area contributed by atoms with Gasteiger partial charge in [-0.05, 0) is 26.2 Å². The van der Waals surface area contributed by atoms with Gasteiger partial charge >= 0.3 is 12.1 Å². The maximum Gasteiger partial charge on any atom is 0.407 e. The highest BCUT2D eigenvalue weighted by atomic mass is 16.6. The highest BCUT2D eigenvalue weighted by Crippen LogP contribution is 1.97. The Morgan fingerprint density at radius 3 is 1.85 bits per heavy atom. The second-order valence-corrected chi connectivity index (χ2v) is 6.12. The van der Waals surface area contributed by atoms with E-state index < -0.39 is 0 Å². The molecule has 160 valence electrons. The van der Waals surface area contributed by atoms with Gasteiger partial charge in [-0.15, -0.1) is 0 Å². The number of ether oxygens (including phenoxy) is 1. The van der Waals surface area contributed by atoms with Crippen molar-refractivity contribution in [3.8, 4) is 0 Å². The van der Waals surface area contributed by atoms with Crippen LogP contribution in [0.2, 0.25) is 0 Å². The van der Waals surface area contributed by atoms with Gasteiger partial charge in [-0.25, -0.2) is 9.59 Å². The number of nitrogens with zero attached hydrogens (tertiary/aromatic N) is 3. The number of nitrogens with one attached hydrogen (secondary N) is 2. The Morgan fingerprint density at radius 2 is 1.56 bits per heavy atom. The monoisotopic (exact) mass is 388 g/mol. The number of alkyl carbamates (subject to hydrolysis) is 1. The van der Waals surface area contributed by atoms with Gasteiger partial charge in [0.15, 0.2) is 0 Å². The van der Waals surface area contributed by atoms with E-state index in [0.29, 0.717) is 13.2 Å². The fourth-order valence-electron chi connectivity index (χ4n) is 2.60. The molecule has 4 N–H and O–H groups in total. The average molecular weight is 389 g/mol. The first-order valence-corrected chi connectivity index (χ1v) is 10.1. The summed E-state index contributed by atoms with van der Waals surface area (Å²) < 4.78 is 4.40. The summed E-state index contributed by atoms with van der Waals surface area (Å²) in [5.41, 5.74) is 5.34. The van der Waals surface area contributed by atoms with E-state index in [0.717, 1.165) is 65.4 Å². The fraction of sp³-hybridized carbons (Fsp3) is 0.889. The number of carbonyl (C=O) groups excluding carboxylic acids is 2. The first kappa shape index (κ1) is 25.4. The van der Waals surface area contributed by atoms with Crippen molar-refractivity contribution in [2.24, 2.45) is 5.73 Å². The van der Waals surface area contributed by atoms with E-state index in [9.17, 15) is 9.59 Å². The van der Waals surface area contributed by atoms with Crippen molar-refractivity contribution in [2.75, 3.05) is 78.6 Å². The Balaban J connectivity index is 0.000000412. The predicted octanol–water partition coefficient (Wildman–Crippen LogP) is 0.367. The van der Waals surface area contributed by atoms with Gasteiger partial charge in [0.05, 0.1) is 6.54 Å². The zero-order valence-electron chi connectivity index (χ0n) is 17.6. The van der Waals surface area contributed by atoms with Crippen molar-refractivity contribution in [1.29, 1.82) is 0 Å². The van der Waals surface area contributed by atoms with Crippen LogP contribution in [0, 0.1) is 0 Å². The molecular weight excluding hydrogens is 348 g/mol. The molecule has 27 heavy (non-hydrogen) atoms. The third-order valence-corrected chi connectivity index (χ3v) is 4.47. The normalized spacial score (nSPS) is 15.6. The molecule has 0 aliphatic carbocycles. The lowest BCUT2D eigenvalue weighted by Gasteiger charge is -2.21. The Kier molecular flexibility index (Phi) is 15.6. The Labute approximate surface area is 164 Å². The van der Waals surface area contributed by atoms with Gasteiger partial charge < -0.3 is 35.8 Å². The highest BCUT2D eigenvalue weighted by Gasteiger charge is 2.18. The smallest absolute Gasteiger partial charge is 0.407 e. The molecule has 2 saturated heterocycles. The number of amides is 3. The number of hydrogen-bond acceptors (Lipinski definition) is 6. The topological polar surface area (TPSA) is 103 Å². The van der Waals surface area contributed by atoms with Crippen molar-refractivity contribution < 1.29 is 14.3 Å². The first-order valence-electron chi connectivity index (χ1n) is 10.1. The molecule has 0 aromatic heterocycles. The molecular formula is C18H40N6O3. The highest BCUT2D eigenvalue weighted by molar-refractivity contribution is 5.76. The molecule has 2 aliphatic rings. The molecule has 2 fully saturated rings. The number of carbonyl (C=O) groups is 2. The number of likely N-dealkylation sites (N-methyl/N-ethyl adjacent to an activating group) is 2. The second kappa shape index (κ2) is 16.6. The van der Waals surface area contributed by atoms with E-state index in [2.05, 4.69) is 52.9 Å². The number of nitrogens with two attached hydrogens (primary N) is 1. The summed E-state index contributed by atoms with van der Waals surface area (Å²) in [7, 11) is 0. The van der Waals surface area contributed by atoms with Crippen LogP contribution in [-0.4, -0.2) is 105 Å². The van der Waals surface area contributed by atoms with Crippen molar-refractivity contribution in [2.45, 2.75) is 27.7 Å². The summed E-state index contributed by atoms with van der Waals surface area (Å²) in [4.78, 5) is 27.6. The largest absolute Gasteiger partial charge is 0.448 e. The van der Waals surface area contributed by atoms with Crippen LogP contribution in [0.3, 0.4) is 0 Å². The van der Waals surface area contributed by atoms with Gasteiger partial charge in [0.25, 0.3) is 0 Å². The zero-order valence-corrected chi connectivity index (χ0v) is 17.6. The minimum absolute atomic E-state index is 0.0900. The molecule has 0 unspecified atom stereocenters. The first-order chi connectivity index (χ1) is 13.0. The van der Waals surface area contributed by atoms with Gasteiger partial charge in [-0.2, -0.15) is 0 Å². The van der Waals surface area contributed by atoms with E-state index in [4.69, 9.17) is 5.73 Å². The van der Waals surface area contributed by atoms with Gasteiger partial charge in [0, 0.05) is 39.3 Å². The molecule has 0 aromatic rings. The van der Waals surface area contributed by atoms with Gasteiger partial charge in [0.2, 0.25) is 0 Å². The summed E-state index contributed by atoms with van der Waals surface area (Å²) in [6, 6.07) is 0.0900. The second-order valence-electron chi connectivity index (χ2n) is 6.12.